The van der Waals surface area contributed by atoms with E-state index in [1.807, 2.05) is 39.8 Å². The van der Waals surface area contributed by atoms with Crippen LogP contribution in [-0.4, -0.2) is 32.6 Å². The van der Waals surface area contributed by atoms with Crippen molar-refractivity contribution in [2.75, 3.05) is 6.61 Å². The maximum Gasteiger partial charge on any atom is 0.147 e. The summed E-state index contributed by atoms with van der Waals surface area (Å²) < 4.78 is 7.36. The number of hydrogen-bond acceptors (Lipinski definition) is 4. The van der Waals surface area contributed by atoms with Crippen LogP contribution in [0.5, 0.6) is 5.75 Å². The molecule has 2 rings (SSSR count). The number of aliphatic hydroxyl groups excluding tert-OH is 1. The van der Waals surface area contributed by atoms with E-state index in [0.29, 0.717) is 12.4 Å². The molecule has 2 aromatic rings. The zero-order chi connectivity index (χ0) is 14.7. The average Bonchev–Trinajstić information content (AvgIpc) is 2.66. The van der Waals surface area contributed by atoms with Gasteiger partial charge >= 0.3 is 0 Å². The SMILES string of the molecule is Cc1ccc(OCC(O)Cn2nc(C)nc2C)c(C)c1. The second kappa shape index (κ2) is 6.05. The number of hydrogen-bond donors (Lipinski definition) is 1. The number of nitrogens with zero attached hydrogens (tertiary/aromatic N) is 3. The molecule has 0 aliphatic heterocycles. The lowest BCUT2D eigenvalue weighted by Gasteiger charge is -2.14. The Balaban J connectivity index is 1.92. The maximum absolute atomic E-state index is 10.0. The lowest BCUT2D eigenvalue weighted by Crippen LogP contribution is -2.25. The highest BCUT2D eigenvalue weighted by Crippen LogP contribution is 2.18. The van der Waals surface area contributed by atoms with E-state index in [0.717, 1.165) is 17.1 Å². The molecule has 5 heteroatoms. The van der Waals surface area contributed by atoms with Gasteiger partial charge in [0.15, 0.2) is 0 Å². The Bertz CT molecular complexity index is 593. The van der Waals surface area contributed by atoms with Gasteiger partial charge in [-0.3, -0.25) is 0 Å². The largest absolute Gasteiger partial charge is 0.491 e. The Morgan fingerprint density at radius 1 is 1.25 bits per heavy atom. The molecule has 1 heterocycles. The molecule has 5 nitrogen and oxygen atoms in total. The van der Waals surface area contributed by atoms with Gasteiger partial charge in [-0.25, -0.2) is 9.67 Å². The van der Waals surface area contributed by atoms with Crippen LogP contribution < -0.4 is 4.74 Å². The van der Waals surface area contributed by atoms with Crippen molar-refractivity contribution in [3.8, 4) is 5.75 Å². The normalized spacial score (nSPS) is 12.4. The van der Waals surface area contributed by atoms with Crippen LogP contribution in [0.2, 0.25) is 0 Å². The zero-order valence-corrected chi connectivity index (χ0v) is 12.4. The van der Waals surface area contributed by atoms with Crippen LogP contribution in [0, 0.1) is 27.7 Å². The zero-order valence-electron chi connectivity index (χ0n) is 12.4. The summed E-state index contributed by atoms with van der Waals surface area (Å²) in [5, 5.41) is 14.3. The number of rotatable bonds is 5. The van der Waals surface area contributed by atoms with Crippen molar-refractivity contribution < 1.29 is 9.84 Å². The van der Waals surface area contributed by atoms with Gasteiger partial charge in [0, 0.05) is 0 Å². The van der Waals surface area contributed by atoms with Gasteiger partial charge in [0.25, 0.3) is 0 Å². The van der Waals surface area contributed by atoms with Crippen molar-refractivity contribution in [1.29, 1.82) is 0 Å². The third-order valence-corrected chi connectivity index (χ3v) is 3.11. The predicted molar refractivity (Wildman–Crippen MR) is 76.9 cm³/mol. The molecule has 1 N–H and O–H groups in total. The van der Waals surface area contributed by atoms with Gasteiger partial charge in [-0.15, -0.1) is 0 Å². The summed E-state index contributed by atoms with van der Waals surface area (Å²) in [6.45, 7) is 8.38. The number of aliphatic hydroxyl groups is 1. The fraction of sp³-hybridized carbons (Fsp3) is 0.467. The molecule has 0 amide bonds. The molecule has 0 fully saturated rings. The van der Waals surface area contributed by atoms with Crippen LogP contribution in [0.1, 0.15) is 22.8 Å². The summed E-state index contributed by atoms with van der Waals surface area (Å²) in [6.07, 6.45) is -0.615. The minimum atomic E-state index is -0.615. The minimum Gasteiger partial charge on any atom is -0.491 e. The van der Waals surface area contributed by atoms with E-state index >= 15 is 0 Å². The molecular weight excluding hydrogens is 254 g/mol. The van der Waals surface area contributed by atoms with E-state index in [9.17, 15) is 5.11 Å². The van der Waals surface area contributed by atoms with Crippen molar-refractivity contribution in [1.82, 2.24) is 14.8 Å². The topological polar surface area (TPSA) is 60.2 Å². The van der Waals surface area contributed by atoms with Crippen LogP contribution >= 0.6 is 0 Å². The number of ether oxygens (including phenoxy) is 1. The van der Waals surface area contributed by atoms with Gasteiger partial charge in [-0.05, 0) is 39.3 Å². The summed E-state index contributed by atoms with van der Waals surface area (Å²) in [5.74, 6) is 2.32. The number of aryl methyl sites for hydroxylation is 4. The molecular formula is C15H21N3O2. The van der Waals surface area contributed by atoms with Crippen molar-refractivity contribution in [2.24, 2.45) is 0 Å². The minimum absolute atomic E-state index is 0.238. The molecule has 1 atom stereocenters. The molecule has 20 heavy (non-hydrogen) atoms. The number of benzene rings is 1. The molecule has 0 bridgehead atoms. The average molecular weight is 275 g/mol. The summed E-state index contributed by atoms with van der Waals surface area (Å²) in [5.41, 5.74) is 2.27. The maximum atomic E-state index is 10.0. The van der Waals surface area contributed by atoms with Crippen LogP contribution in [0.15, 0.2) is 18.2 Å². The molecule has 0 saturated heterocycles. The number of aromatic nitrogens is 3. The van der Waals surface area contributed by atoms with E-state index in [-0.39, 0.29) is 6.61 Å². The molecule has 1 aromatic heterocycles. The first-order valence-corrected chi connectivity index (χ1v) is 6.72. The van der Waals surface area contributed by atoms with Crippen LogP contribution in [0.4, 0.5) is 0 Å². The predicted octanol–water partition coefficient (Wildman–Crippen LogP) is 1.95. The summed E-state index contributed by atoms with van der Waals surface area (Å²) in [6, 6.07) is 5.99. The highest BCUT2D eigenvalue weighted by molar-refractivity contribution is 5.35. The Morgan fingerprint density at radius 2 is 2.00 bits per heavy atom. The highest BCUT2D eigenvalue weighted by Gasteiger charge is 2.11. The molecule has 0 spiro atoms. The highest BCUT2D eigenvalue weighted by atomic mass is 16.5. The molecule has 1 aromatic carbocycles. The van der Waals surface area contributed by atoms with Crippen LogP contribution in [0.25, 0.3) is 0 Å². The van der Waals surface area contributed by atoms with Gasteiger partial charge < -0.3 is 9.84 Å². The Morgan fingerprint density at radius 3 is 2.60 bits per heavy atom. The van der Waals surface area contributed by atoms with E-state index in [2.05, 4.69) is 16.1 Å². The van der Waals surface area contributed by atoms with Crippen LogP contribution in [-0.2, 0) is 6.54 Å². The Labute approximate surface area is 119 Å². The molecule has 1 unspecified atom stereocenters. The second-order valence-corrected chi connectivity index (χ2v) is 5.12. The summed E-state index contributed by atoms with van der Waals surface area (Å²) in [7, 11) is 0. The Kier molecular flexibility index (Phi) is 4.39. The van der Waals surface area contributed by atoms with Crippen LogP contribution in [0.3, 0.4) is 0 Å². The van der Waals surface area contributed by atoms with Crippen molar-refractivity contribution in [3.63, 3.8) is 0 Å². The molecule has 0 radical (unpaired) electrons. The van der Waals surface area contributed by atoms with Gasteiger partial charge in [0.1, 0.15) is 30.1 Å². The van der Waals surface area contributed by atoms with Gasteiger partial charge in [0.2, 0.25) is 0 Å². The van der Waals surface area contributed by atoms with E-state index < -0.39 is 6.10 Å². The third kappa shape index (κ3) is 3.57. The second-order valence-electron chi connectivity index (χ2n) is 5.12. The first-order valence-electron chi connectivity index (χ1n) is 6.72. The monoisotopic (exact) mass is 275 g/mol. The van der Waals surface area contributed by atoms with Gasteiger partial charge in [-0.1, -0.05) is 17.7 Å². The fourth-order valence-corrected chi connectivity index (χ4v) is 2.13. The molecule has 108 valence electrons. The summed E-state index contributed by atoms with van der Waals surface area (Å²) >= 11 is 0. The van der Waals surface area contributed by atoms with E-state index in [4.69, 9.17) is 4.74 Å². The molecule has 0 saturated carbocycles. The lowest BCUT2D eigenvalue weighted by atomic mass is 10.1. The first kappa shape index (κ1) is 14.5. The quantitative estimate of drug-likeness (QED) is 0.906. The van der Waals surface area contributed by atoms with Crippen molar-refractivity contribution >= 4 is 0 Å². The van der Waals surface area contributed by atoms with Crippen molar-refractivity contribution in [2.45, 2.75) is 40.3 Å². The van der Waals surface area contributed by atoms with Gasteiger partial charge in [0.05, 0.1) is 6.54 Å². The lowest BCUT2D eigenvalue weighted by molar-refractivity contribution is 0.0883. The third-order valence-electron chi connectivity index (χ3n) is 3.11. The first-order chi connectivity index (χ1) is 9.45. The summed E-state index contributed by atoms with van der Waals surface area (Å²) in [4.78, 5) is 4.21. The fourth-order valence-electron chi connectivity index (χ4n) is 2.13. The van der Waals surface area contributed by atoms with Crippen molar-refractivity contribution in [3.05, 3.63) is 41.0 Å². The smallest absolute Gasteiger partial charge is 0.147 e. The van der Waals surface area contributed by atoms with E-state index in [1.165, 1.54) is 5.56 Å². The standard InChI is InChI=1S/C15H21N3O2/c1-10-5-6-15(11(2)7-10)20-9-14(19)8-18-13(4)16-12(3)17-18/h5-7,14,19H,8-9H2,1-4H3. The van der Waals surface area contributed by atoms with E-state index in [1.54, 1.807) is 4.68 Å². The molecule has 0 aliphatic rings. The van der Waals surface area contributed by atoms with Gasteiger partial charge in [-0.2, -0.15) is 5.10 Å². The molecule has 0 aliphatic carbocycles. The Hall–Kier alpha value is -1.88.